The molecule has 4 heteroatoms. The van der Waals surface area contributed by atoms with Crippen LogP contribution in [0.3, 0.4) is 0 Å². The summed E-state index contributed by atoms with van der Waals surface area (Å²) in [6.45, 7) is 14.7. The molecule has 0 aliphatic heterocycles. The van der Waals surface area contributed by atoms with Gasteiger partial charge in [-0.05, 0) is 85.0 Å². The van der Waals surface area contributed by atoms with Crippen molar-refractivity contribution in [3.05, 3.63) is 132 Å². The second-order valence-electron chi connectivity index (χ2n) is 11.7. The van der Waals surface area contributed by atoms with Crippen LogP contribution in [0.4, 0.5) is 0 Å². The first-order valence-electron chi connectivity index (χ1n) is 14.7. The Hall–Kier alpha value is -4.70. The van der Waals surface area contributed by atoms with Crippen LogP contribution in [0.2, 0.25) is 0 Å². The Morgan fingerprint density at radius 1 is 0.605 bits per heavy atom. The predicted molar refractivity (Wildman–Crippen MR) is 173 cm³/mol. The molecule has 4 aromatic rings. The van der Waals surface area contributed by atoms with Crippen molar-refractivity contribution in [2.24, 2.45) is 0 Å². The first kappa shape index (κ1) is 29.8. The molecule has 0 heterocycles. The molecule has 0 saturated carbocycles. The molecule has 4 nitrogen and oxygen atoms in total. The van der Waals surface area contributed by atoms with Crippen molar-refractivity contribution in [2.75, 3.05) is 0 Å². The lowest BCUT2D eigenvalue weighted by atomic mass is 9.70. The summed E-state index contributed by atoms with van der Waals surface area (Å²) in [7, 11) is 0. The second kappa shape index (κ2) is 12.3. The number of ether oxygens (including phenoxy) is 2. The molecule has 0 bridgehead atoms. The van der Waals surface area contributed by atoms with Crippen molar-refractivity contribution in [1.82, 2.24) is 0 Å². The Morgan fingerprint density at radius 2 is 0.977 bits per heavy atom. The topological polar surface area (TPSA) is 52.6 Å². The number of hydrogen-bond donors (Lipinski definition) is 0. The van der Waals surface area contributed by atoms with Crippen LogP contribution >= 0.6 is 0 Å². The van der Waals surface area contributed by atoms with Gasteiger partial charge in [-0.25, -0.2) is 9.59 Å². The normalized spacial score (nSPS) is 14.1. The molecule has 2 atom stereocenters. The number of carbonyl (C=O) groups is 2. The molecule has 0 radical (unpaired) electrons. The van der Waals surface area contributed by atoms with E-state index in [9.17, 15) is 9.59 Å². The fourth-order valence-corrected chi connectivity index (χ4v) is 6.46. The molecular formula is C39H38O4. The number of rotatable bonds is 10. The first-order valence-corrected chi connectivity index (χ1v) is 14.7. The highest BCUT2D eigenvalue weighted by Gasteiger charge is 2.47. The van der Waals surface area contributed by atoms with Gasteiger partial charge in [-0.15, -0.1) is 0 Å². The number of carbonyl (C=O) groups excluding carboxylic acids is 2. The van der Waals surface area contributed by atoms with E-state index >= 15 is 0 Å². The van der Waals surface area contributed by atoms with E-state index in [1.807, 2.05) is 26.0 Å². The summed E-state index contributed by atoms with van der Waals surface area (Å²) < 4.78 is 11.8. The van der Waals surface area contributed by atoms with Crippen LogP contribution in [-0.4, -0.2) is 24.1 Å². The largest absolute Gasteiger partial charge is 0.459 e. The molecule has 1 aliphatic rings. The van der Waals surface area contributed by atoms with Gasteiger partial charge in [0.2, 0.25) is 0 Å². The van der Waals surface area contributed by atoms with Crippen LogP contribution in [0, 0.1) is 0 Å². The highest BCUT2D eigenvalue weighted by atomic mass is 16.5. The van der Waals surface area contributed by atoms with E-state index in [0.29, 0.717) is 24.0 Å². The Labute approximate surface area is 254 Å². The van der Waals surface area contributed by atoms with Gasteiger partial charge >= 0.3 is 11.9 Å². The molecule has 0 saturated heterocycles. The van der Waals surface area contributed by atoms with Gasteiger partial charge < -0.3 is 9.47 Å². The Morgan fingerprint density at radius 3 is 1.33 bits per heavy atom. The van der Waals surface area contributed by atoms with E-state index in [0.717, 1.165) is 44.5 Å². The molecule has 2 unspecified atom stereocenters. The van der Waals surface area contributed by atoms with Gasteiger partial charge in [0.25, 0.3) is 0 Å². The predicted octanol–water partition coefficient (Wildman–Crippen LogP) is 9.08. The van der Waals surface area contributed by atoms with E-state index < -0.39 is 29.6 Å². The van der Waals surface area contributed by atoms with Crippen molar-refractivity contribution < 1.29 is 19.1 Å². The summed E-state index contributed by atoms with van der Waals surface area (Å²) in [6, 6.07) is 33.7. The molecule has 0 fully saturated rings. The maximum absolute atomic E-state index is 12.6. The van der Waals surface area contributed by atoms with E-state index in [-0.39, 0.29) is 0 Å². The summed E-state index contributed by atoms with van der Waals surface area (Å²) in [5, 5.41) is 0. The van der Waals surface area contributed by atoms with E-state index in [4.69, 9.17) is 9.47 Å². The number of hydrogen-bond acceptors (Lipinski definition) is 4. The van der Waals surface area contributed by atoms with Gasteiger partial charge in [0.15, 0.2) is 0 Å². The summed E-state index contributed by atoms with van der Waals surface area (Å²) in [4.78, 5) is 25.3. The lowest BCUT2D eigenvalue weighted by Gasteiger charge is -2.36. The monoisotopic (exact) mass is 570 g/mol. The standard InChI is InChI=1S/C39H38O4/c1-25(2)37(40)42-27(5)23-39(24-28(6)43-38(41)26(3)4)33-21-13-19-31(29-15-9-7-10-16-29)35(33)36-32(20-14-22-34(36)39)30-17-11-8-12-18-30/h7-22,27-28H,1,3,23-24H2,2,4-6H3. The molecule has 4 aromatic carbocycles. The fourth-order valence-electron chi connectivity index (χ4n) is 6.46. The van der Waals surface area contributed by atoms with Gasteiger partial charge in [0, 0.05) is 16.6 Å². The van der Waals surface area contributed by atoms with E-state index in [1.165, 1.54) is 0 Å². The highest BCUT2D eigenvalue weighted by Crippen LogP contribution is 2.59. The molecule has 5 rings (SSSR count). The van der Waals surface area contributed by atoms with Crippen LogP contribution in [0.15, 0.2) is 121 Å². The van der Waals surface area contributed by atoms with Gasteiger partial charge in [-0.2, -0.15) is 0 Å². The number of fused-ring (bicyclic) bond motifs is 3. The smallest absolute Gasteiger partial charge is 0.333 e. The van der Waals surface area contributed by atoms with Crippen LogP contribution < -0.4 is 0 Å². The average molecular weight is 571 g/mol. The van der Waals surface area contributed by atoms with Crippen molar-refractivity contribution in [3.63, 3.8) is 0 Å². The zero-order valence-corrected chi connectivity index (χ0v) is 25.4. The minimum atomic E-state index is -0.621. The maximum atomic E-state index is 12.6. The van der Waals surface area contributed by atoms with Crippen LogP contribution in [-0.2, 0) is 24.5 Å². The van der Waals surface area contributed by atoms with Crippen LogP contribution in [0.5, 0.6) is 0 Å². The summed E-state index contributed by atoms with van der Waals surface area (Å²) >= 11 is 0. The first-order chi connectivity index (χ1) is 20.6. The quantitative estimate of drug-likeness (QED) is 0.141. The van der Waals surface area contributed by atoms with Crippen LogP contribution in [0.1, 0.15) is 51.7 Å². The van der Waals surface area contributed by atoms with Gasteiger partial charge in [0.1, 0.15) is 12.2 Å². The van der Waals surface area contributed by atoms with Gasteiger partial charge in [-0.1, -0.05) is 110 Å². The van der Waals surface area contributed by atoms with Gasteiger partial charge in [-0.3, -0.25) is 0 Å². The SMILES string of the molecule is C=C(C)C(=O)OC(C)CC1(CC(C)OC(=O)C(=C)C)c2cccc(-c3ccccc3)c2-c2c(-c3ccccc3)cccc21. The summed E-state index contributed by atoms with van der Waals surface area (Å²) in [5.41, 5.74) is 9.14. The Bertz CT molecular complexity index is 1560. The van der Waals surface area contributed by atoms with Gasteiger partial charge in [0.05, 0.1) is 0 Å². The van der Waals surface area contributed by atoms with Crippen molar-refractivity contribution in [3.8, 4) is 33.4 Å². The molecule has 43 heavy (non-hydrogen) atoms. The second-order valence-corrected chi connectivity index (χ2v) is 11.7. The zero-order chi connectivity index (χ0) is 30.7. The lowest BCUT2D eigenvalue weighted by molar-refractivity contribution is -0.144. The van der Waals surface area contributed by atoms with E-state index in [1.54, 1.807) is 13.8 Å². The third kappa shape index (κ3) is 5.83. The van der Waals surface area contributed by atoms with Crippen molar-refractivity contribution >= 4 is 11.9 Å². The van der Waals surface area contributed by atoms with E-state index in [2.05, 4.69) is 98.1 Å². The number of benzene rings is 4. The summed E-state index contributed by atoms with van der Waals surface area (Å²) in [6.07, 6.45) is 0.121. The van der Waals surface area contributed by atoms with Crippen LogP contribution in [0.25, 0.3) is 33.4 Å². The Balaban J connectivity index is 1.79. The summed E-state index contributed by atoms with van der Waals surface area (Å²) in [5.74, 6) is -0.835. The zero-order valence-electron chi connectivity index (χ0n) is 25.4. The average Bonchev–Trinajstić information content (AvgIpc) is 3.27. The molecule has 0 aromatic heterocycles. The molecule has 0 spiro atoms. The maximum Gasteiger partial charge on any atom is 0.333 e. The molecule has 0 amide bonds. The number of esters is 2. The molecule has 1 aliphatic carbocycles. The third-order valence-corrected chi connectivity index (χ3v) is 8.16. The minimum absolute atomic E-state index is 0.356. The molecular weight excluding hydrogens is 532 g/mol. The third-order valence-electron chi connectivity index (χ3n) is 8.16. The fraction of sp³-hybridized carbons (Fsp3) is 0.231. The minimum Gasteiger partial charge on any atom is -0.459 e. The Kier molecular flexibility index (Phi) is 8.50. The van der Waals surface area contributed by atoms with Crippen molar-refractivity contribution in [1.29, 1.82) is 0 Å². The molecule has 0 N–H and O–H groups in total. The highest BCUT2D eigenvalue weighted by molar-refractivity contribution is 5.99. The molecule has 218 valence electrons. The lowest BCUT2D eigenvalue weighted by Crippen LogP contribution is -2.36. The van der Waals surface area contributed by atoms with Crippen molar-refractivity contribution in [2.45, 2.75) is 58.2 Å².